The van der Waals surface area contributed by atoms with E-state index in [2.05, 4.69) is 15.5 Å². The van der Waals surface area contributed by atoms with E-state index in [1.165, 1.54) is 11.0 Å². The third kappa shape index (κ3) is 3.61. The van der Waals surface area contributed by atoms with Crippen LogP contribution in [0.1, 0.15) is 24.3 Å². The Kier molecular flexibility index (Phi) is 4.66. The second kappa shape index (κ2) is 6.89. The van der Waals surface area contributed by atoms with Crippen LogP contribution in [0, 0.1) is 0 Å². The number of carboxylic acid groups (broad SMARTS) is 1. The molecule has 25 heavy (non-hydrogen) atoms. The molecule has 3 N–H and O–H groups in total. The van der Waals surface area contributed by atoms with Gasteiger partial charge in [-0.3, -0.25) is 9.69 Å². The summed E-state index contributed by atoms with van der Waals surface area (Å²) in [4.78, 5) is 26.1. The highest BCUT2D eigenvalue weighted by Crippen LogP contribution is 2.19. The number of carbonyl (C=O) groups is 2. The van der Waals surface area contributed by atoms with Gasteiger partial charge in [0.05, 0.1) is 24.9 Å². The Morgan fingerprint density at radius 2 is 2.12 bits per heavy atom. The topological polar surface area (TPSA) is 121 Å². The molecule has 3 atom stereocenters. The summed E-state index contributed by atoms with van der Waals surface area (Å²) in [7, 11) is 0. The minimum atomic E-state index is -1.16. The zero-order chi connectivity index (χ0) is 18.0. The number of rotatable bonds is 6. The summed E-state index contributed by atoms with van der Waals surface area (Å²) >= 11 is 0. The number of aromatic nitrogens is 3. The molecule has 9 nitrogen and oxygen atoms in total. The number of nitrogens with zero attached hydrogens (tertiary/aromatic N) is 4. The summed E-state index contributed by atoms with van der Waals surface area (Å²) in [6, 6.07) is 7.87. The molecular formula is C16H19N5O4. The number of aliphatic hydroxyl groups is 1. The SMILES string of the molecule is CC(O)c1cnn(C[C@H]2NC(=O)[C@H]2N(Cc2ccccc2)C(=O)O)n1. The van der Waals surface area contributed by atoms with Gasteiger partial charge in [0.1, 0.15) is 11.7 Å². The molecule has 0 spiro atoms. The van der Waals surface area contributed by atoms with Crippen LogP contribution in [0.25, 0.3) is 0 Å². The lowest BCUT2D eigenvalue weighted by molar-refractivity contribution is -0.137. The fraction of sp³-hybridized carbons (Fsp3) is 0.375. The zero-order valence-corrected chi connectivity index (χ0v) is 13.6. The summed E-state index contributed by atoms with van der Waals surface area (Å²) in [6.45, 7) is 1.92. The first-order valence-corrected chi connectivity index (χ1v) is 7.87. The lowest BCUT2D eigenvalue weighted by atomic mass is 9.96. The molecule has 9 heteroatoms. The van der Waals surface area contributed by atoms with Crippen molar-refractivity contribution in [1.29, 1.82) is 0 Å². The summed E-state index contributed by atoms with van der Waals surface area (Å²) in [5.41, 5.74) is 1.22. The minimum absolute atomic E-state index is 0.121. The van der Waals surface area contributed by atoms with Crippen LogP contribution >= 0.6 is 0 Å². The summed E-state index contributed by atoms with van der Waals surface area (Å²) in [6.07, 6.45) is -0.458. The Morgan fingerprint density at radius 3 is 2.68 bits per heavy atom. The quantitative estimate of drug-likeness (QED) is 0.651. The van der Waals surface area contributed by atoms with Crippen LogP contribution in [-0.4, -0.2) is 54.2 Å². The van der Waals surface area contributed by atoms with E-state index in [-0.39, 0.29) is 19.0 Å². The smallest absolute Gasteiger partial charge is 0.408 e. The Hall–Kier alpha value is -2.94. The van der Waals surface area contributed by atoms with Gasteiger partial charge in [0.15, 0.2) is 0 Å². The third-order valence-corrected chi connectivity index (χ3v) is 4.10. The summed E-state index contributed by atoms with van der Waals surface area (Å²) < 4.78 is 0. The van der Waals surface area contributed by atoms with E-state index in [0.717, 1.165) is 10.5 Å². The van der Waals surface area contributed by atoms with Crippen molar-refractivity contribution in [2.45, 2.75) is 38.2 Å². The van der Waals surface area contributed by atoms with Crippen LogP contribution in [0.3, 0.4) is 0 Å². The fourth-order valence-corrected chi connectivity index (χ4v) is 2.77. The molecule has 2 heterocycles. The van der Waals surface area contributed by atoms with Crippen LogP contribution in [-0.2, 0) is 17.9 Å². The Bertz CT molecular complexity index is 761. The van der Waals surface area contributed by atoms with E-state index in [0.29, 0.717) is 5.69 Å². The molecule has 1 saturated heterocycles. The number of hydrogen-bond acceptors (Lipinski definition) is 5. The second-order valence-electron chi connectivity index (χ2n) is 5.96. The number of amides is 2. The van der Waals surface area contributed by atoms with Crippen LogP contribution in [0.5, 0.6) is 0 Å². The number of β-lactam (4-membered cyclic amide) rings is 1. The Labute approximate surface area is 143 Å². The third-order valence-electron chi connectivity index (χ3n) is 4.10. The zero-order valence-electron chi connectivity index (χ0n) is 13.6. The van der Waals surface area contributed by atoms with Gasteiger partial charge >= 0.3 is 6.09 Å². The molecule has 0 bridgehead atoms. The highest BCUT2D eigenvalue weighted by Gasteiger charge is 2.46. The van der Waals surface area contributed by atoms with Crippen LogP contribution in [0.4, 0.5) is 4.79 Å². The molecule has 1 aliphatic heterocycles. The summed E-state index contributed by atoms with van der Waals surface area (Å²) in [5, 5.41) is 29.9. The molecule has 0 saturated carbocycles. The molecule has 3 rings (SSSR count). The van der Waals surface area contributed by atoms with Gasteiger partial charge in [-0.25, -0.2) is 4.79 Å². The molecular weight excluding hydrogens is 326 g/mol. The van der Waals surface area contributed by atoms with Crippen molar-refractivity contribution in [2.75, 3.05) is 0 Å². The van der Waals surface area contributed by atoms with Gasteiger partial charge in [-0.15, -0.1) is 0 Å². The molecule has 1 fully saturated rings. The summed E-state index contributed by atoms with van der Waals surface area (Å²) in [5.74, 6) is -0.341. The Balaban J connectivity index is 1.73. The molecule has 1 aromatic heterocycles. The minimum Gasteiger partial charge on any atom is -0.465 e. The van der Waals surface area contributed by atoms with E-state index < -0.39 is 24.3 Å². The van der Waals surface area contributed by atoms with Crippen LogP contribution in [0.15, 0.2) is 36.5 Å². The molecule has 0 aliphatic carbocycles. The van der Waals surface area contributed by atoms with Gasteiger partial charge < -0.3 is 15.5 Å². The molecule has 0 radical (unpaired) electrons. The first kappa shape index (κ1) is 16.9. The first-order chi connectivity index (χ1) is 12.0. The molecule has 2 aromatic rings. The van der Waals surface area contributed by atoms with Gasteiger partial charge in [0, 0.05) is 6.54 Å². The number of benzene rings is 1. The highest BCUT2D eigenvalue weighted by atomic mass is 16.4. The van der Waals surface area contributed by atoms with E-state index >= 15 is 0 Å². The number of nitrogens with one attached hydrogen (secondary N) is 1. The maximum atomic E-state index is 12.0. The molecule has 1 unspecified atom stereocenters. The average Bonchev–Trinajstić information content (AvgIpc) is 3.03. The number of hydrogen-bond donors (Lipinski definition) is 3. The predicted molar refractivity (Wildman–Crippen MR) is 86.4 cm³/mol. The van der Waals surface area contributed by atoms with Crippen molar-refractivity contribution in [2.24, 2.45) is 0 Å². The molecule has 1 aliphatic rings. The van der Waals surface area contributed by atoms with Gasteiger partial charge in [-0.1, -0.05) is 30.3 Å². The van der Waals surface area contributed by atoms with Gasteiger partial charge in [-0.05, 0) is 12.5 Å². The first-order valence-electron chi connectivity index (χ1n) is 7.87. The van der Waals surface area contributed by atoms with Gasteiger partial charge in [-0.2, -0.15) is 15.0 Å². The van der Waals surface area contributed by atoms with E-state index in [1.807, 2.05) is 30.3 Å². The normalized spacial score (nSPS) is 20.5. The standard InChI is InChI=1S/C16H19N5O4/c1-10(22)12-7-17-21(19-12)9-13-14(15(23)18-13)20(16(24)25)8-11-5-3-2-4-6-11/h2-7,10,13-14,22H,8-9H2,1H3,(H,18,23)(H,24,25)/t10?,13-,14+/m1/s1. The number of carbonyl (C=O) groups excluding carboxylic acids is 1. The maximum absolute atomic E-state index is 12.0. The second-order valence-corrected chi connectivity index (χ2v) is 5.96. The largest absolute Gasteiger partial charge is 0.465 e. The van der Waals surface area contributed by atoms with E-state index in [9.17, 15) is 19.8 Å². The lowest BCUT2D eigenvalue weighted by Gasteiger charge is -2.42. The van der Waals surface area contributed by atoms with Crippen molar-refractivity contribution < 1.29 is 19.8 Å². The van der Waals surface area contributed by atoms with Gasteiger partial charge in [0.25, 0.3) is 0 Å². The monoisotopic (exact) mass is 345 g/mol. The van der Waals surface area contributed by atoms with Crippen molar-refractivity contribution in [3.05, 3.63) is 47.8 Å². The maximum Gasteiger partial charge on any atom is 0.408 e. The van der Waals surface area contributed by atoms with Gasteiger partial charge in [0.2, 0.25) is 5.91 Å². The van der Waals surface area contributed by atoms with E-state index in [1.54, 1.807) is 6.92 Å². The fourth-order valence-electron chi connectivity index (χ4n) is 2.77. The van der Waals surface area contributed by atoms with Crippen LogP contribution < -0.4 is 5.32 Å². The van der Waals surface area contributed by atoms with Crippen molar-refractivity contribution in [3.63, 3.8) is 0 Å². The Morgan fingerprint density at radius 1 is 1.40 bits per heavy atom. The molecule has 1 aromatic carbocycles. The molecule has 2 amide bonds. The highest BCUT2D eigenvalue weighted by molar-refractivity contribution is 5.92. The average molecular weight is 345 g/mol. The van der Waals surface area contributed by atoms with Crippen LogP contribution in [0.2, 0.25) is 0 Å². The predicted octanol–water partition coefficient (Wildman–Crippen LogP) is 0.379. The number of aliphatic hydroxyl groups excluding tert-OH is 1. The molecule has 132 valence electrons. The lowest BCUT2D eigenvalue weighted by Crippen LogP contribution is -2.70. The van der Waals surface area contributed by atoms with Crippen molar-refractivity contribution in [3.8, 4) is 0 Å². The van der Waals surface area contributed by atoms with Crippen molar-refractivity contribution in [1.82, 2.24) is 25.2 Å². The van der Waals surface area contributed by atoms with Crippen molar-refractivity contribution >= 4 is 12.0 Å². The van der Waals surface area contributed by atoms with E-state index in [4.69, 9.17) is 0 Å².